The fourth-order valence-electron chi connectivity index (χ4n) is 3.33. The summed E-state index contributed by atoms with van der Waals surface area (Å²) in [7, 11) is 0. The molecule has 0 saturated heterocycles. The van der Waals surface area contributed by atoms with Crippen molar-refractivity contribution in [3.63, 3.8) is 0 Å². The van der Waals surface area contributed by atoms with Gasteiger partial charge < -0.3 is 5.73 Å². The number of hydrogen-bond acceptors (Lipinski definition) is 3. The van der Waals surface area contributed by atoms with Gasteiger partial charge in [0.05, 0.1) is 0 Å². The van der Waals surface area contributed by atoms with Gasteiger partial charge in [-0.15, -0.1) is 11.3 Å². The maximum Gasteiger partial charge on any atom is 0.0331 e. The number of thiophene rings is 1. The fourth-order valence-corrected chi connectivity index (χ4v) is 4.29. The predicted molar refractivity (Wildman–Crippen MR) is 90.7 cm³/mol. The van der Waals surface area contributed by atoms with E-state index in [0.717, 1.165) is 19.5 Å². The third kappa shape index (κ3) is 3.05. The van der Waals surface area contributed by atoms with Crippen LogP contribution in [-0.2, 0) is 6.42 Å². The molecule has 0 amide bonds. The molecule has 21 heavy (non-hydrogen) atoms. The van der Waals surface area contributed by atoms with Gasteiger partial charge in [0, 0.05) is 30.1 Å². The molecule has 0 radical (unpaired) electrons. The highest BCUT2D eigenvalue weighted by molar-refractivity contribution is 7.10. The van der Waals surface area contributed by atoms with Crippen molar-refractivity contribution < 1.29 is 0 Å². The SMILES string of the molecule is Cc1ccccc1C(N)CCN1CCc2sccc2C1C. The van der Waals surface area contributed by atoms with E-state index in [1.807, 2.05) is 11.3 Å². The summed E-state index contributed by atoms with van der Waals surface area (Å²) in [5.74, 6) is 0. The summed E-state index contributed by atoms with van der Waals surface area (Å²) >= 11 is 1.90. The van der Waals surface area contributed by atoms with Crippen molar-refractivity contribution in [2.75, 3.05) is 13.1 Å². The summed E-state index contributed by atoms with van der Waals surface area (Å²) in [4.78, 5) is 4.15. The summed E-state index contributed by atoms with van der Waals surface area (Å²) in [5, 5.41) is 2.23. The average Bonchev–Trinajstić information content (AvgIpc) is 2.96. The Hall–Kier alpha value is -1.16. The molecule has 0 bridgehead atoms. The Kier molecular flexibility index (Phi) is 4.43. The highest BCUT2D eigenvalue weighted by Crippen LogP contribution is 2.33. The van der Waals surface area contributed by atoms with Crippen LogP contribution in [0.5, 0.6) is 0 Å². The summed E-state index contributed by atoms with van der Waals surface area (Å²) < 4.78 is 0. The minimum absolute atomic E-state index is 0.141. The zero-order valence-corrected chi connectivity index (χ0v) is 13.7. The van der Waals surface area contributed by atoms with Gasteiger partial charge in [0.25, 0.3) is 0 Å². The van der Waals surface area contributed by atoms with Gasteiger partial charge in [-0.1, -0.05) is 24.3 Å². The monoisotopic (exact) mass is 300 g/mol. The number of nitrogens with two attached hydrogens (primary N) is 1. The number of hydrogen-bond donors (Lipinski definition) is 1. The Balaban J connectivity index is 1.62. The lowest BCUT2D eigenvalue weighted by atomic mass is 9.97. The lowest BCUT2D eigenvalue weighted by molar-refractivity contribution is 0.193. The van der Waals surface area contributed by atoms with Crippen molar-refractivity contribution in [3.05, 3.63) is 57.3 Å². The van der Waals surface area contributed by atoms with E-state index in [1.54, 1.807) is 4.88 Å². The molecule has 1 aliphatic rings. The molecule has 0 spiro atoms. The normalized spacial score (nSPS) is 20.2. The molecule has 0 aliphatic carbocycles. The van der Waals surface area contributed by atoms with Crippen LogP contribution in [0.1, 0.15) is 47.0 Å². The van der Waals surface area contributed by atoms with Crippen LogP contribution in [0.4, 0.5) is 0 Å². The molecule has 2 unspecified atom stereocenters. The molecule has 0 saturated carbocycles. The van der Waals surface area contributed by atoms with E-state index in [1.165, 1.54) is 23.1 Å². The molecular formula is C18H24N2S. The van der Waals surface area contributed by atoms with Crippen molar-refractivity contribution in [3.8, 4) is 0 Å². The van der Waals surface area contributed by atoms with Crippen molar-refractivity contribution >= 4 is 11.3 Å². The second kappa shape index (κ2) is 6.30. The second-order valence-electron chi connectivity index (χ2n) is 6.01. The first-order chi connectivity index (χ1) is 10.2. The molecule has 2 N–H and O–H groups in total. The van der Waals surface area contributed by atoms with Gasteiger partial charge in [-0.25, -0.2) is 0 Å². The van der Waals surface area contributed by atoms with E-state index in [4.69, 9.17) is 5.73 Å². The summed E-state index contributed by atoms with van der Waals surface area (Å²) in [5.41, 5.74) is 10.5. The molecule has 2 heterocycles. The first-order valence-corrected chi connectivity index (χ1v) is 8.66. The molecule has 1 aromatic heterocycles. The van der Waals surface area contributed by atoms with Crippen molar-refractivity contribution in [2.24, 2.45) is 5.73 Å². The Morgan fingerprint density at radius 3 is 2.95 bits per heavy atom. The number of aryl methyl sites for hydroxylation is 1. The fraction of sp³-hybridized carbons (Fsp3) is 0.444. The van der Waals surface area contributed by atoms with E-state index in [0.29, 0.717) is 6.04 Å². The average molecular weight is 300 g/mol. The smallest absolute Gasteiger partial charge is 0.0331 e. The number of benzene rings is 1. The predicted octanol–water partition coefficient (Wildman–Crippen LogP) is 4.07. The molecule has 3 heteroatoms. The standard InChI is InChI=1S/C18H24N2S/c1-13-5-3-4-6-15(13)17(19)7-10-20-11-8-18-16(14(20)2)9-12-21-18/h3-6,9,12,14,17H,7-8,10-11,19H2,1-2H3. The van der Waals surface area contributed by atoms with Gasteiger partial charge >= 0.3 is 0 Å². The summed E-state index contributed by atoms with van der Waals surface area (Å²) in [6, 6.07) is 11.4. The van der Waals surface area contributed by atoms with Crippen LogP contribution in [0.3, 0.4) is 0 Å². The first kappa shape index (κ1) is 14.8. The van der Waals surface area contributed by atoms with E-state index in [9.17, 15) is 0 Å². The zero-order valence-electron chi connectivity index (χ0n) is 12.9. The molecule has 1 aliphatic heterocycles. The third-order valence-electron chi connectivity index (χ3n) is 4.72. The van der Waals surface area contributed by atoms with Gasteiger partial charge in [0.2, 0.25) is 0 Å². The van der Waals surface area contributed by atoms with Crippen LogP contribution in [-0.4, -0.2) is 18.0 Å². The zero-order chi connectivity index (χ0) is 14.8. The van der Waals surface area contributed by atoms with Crippen LogP contribution >= 0.6 is 11.3 Å². The van der Waals surface area contributed by atoms with E-state index in [2.05, 4.69) is 54.5 Å². The van der Waals surface area contributed by atoms with Crippen molar-refractivity contribution in [1.29, 1.82) is 0 Å². The van der Waals surface area contributed by atoms with Crippen molar-refractivity contribution in [1.82, 2.24) is 4.90 Å². The largest absolute Gasteiger partial charge is 0.324 e. The van der Waals surface area contributed by atoms with E-state index >= 15 is 0 Å². The molecule has 3 rings (SSSR count). The van der Waals surface area contributed by atoms with Crippen LogP contribution in [0, 0.1) is 6.92 Å². The highest BCUT2D eigenvalue weighted by atomic mass is 32.1. The van der Waals surface area contributed by atoms with Gasteiger partial charge in [0.15, 0.2) is 0 Å². The third-order valence-corrected chi connectivity index (χ3v) is 5.72. The first-order valence-electron chi connectivity index (χ1n) is 7.78. The van der Waals surface area contributed by atoms with Crippen LogP contribution in [0.2, 0.25) is 0 Å². The Morgan fingerprint density at radius 1 is 1.33 bits per heavy atom. The van der Waals surface area contributed by atoms with Gasteiger partial charge in [-0.2, -0.15) is 0 Å². The number of fused-ring (bicyclic) bond motifs is 1. The molecule has 2 atom stereocenters. The molecule has 2 aromatic rings. The maximum absolute atomic E-state index is 6.41. The minimum Gasteiger partial charge on any atom is -0.324 e. The summed E-state index contributed by atoms with van der Waals surface area (Å²) in [6.07, 6.45) is 2.21. The maximum atomic E-state index is 6.41. The lowest BCUT2D eigenvalue weighted by Gasteiger charge is -2.34. The van der Waals surface area contributed by atoms with Gasteiger partial charge in [-0.3, -0.25) is 4.90 Å². The van der Waals surface area contributed by atoms with Crippen molar-refractivity contribution in [2.45, 2.75) is 38.8 Å². The molecule has 1 aromatic carbocycles. The Bertz CT molecular complexity index is 605. The number of nitrogens with zero attached hydrogens (tertiary/aromatic N) is 1. The Morgan fingerprint density at radius 2 is 2.14 bits per heavy atom. The topological polar surface area (TPSA) is 29.3 Å². The highest BCUT2D eigenvalue weighted by Gasteiger charge is 2.24. The van der Waals surface area contributed by atoms with E-state index < -0.39 is 0 Å². The van der Waals surface area contributed by atoms with Crippen LogP contribution in [0.15, 0.2) is 35.7 Å². The van der Waals surface area contributed by atoms with E-state index in [-0.39, 0.29) is 6.04 Å². The van der Waals surface area contributed by atoms with Gasteiger partial charge in [-0.05, 0) is 54.8 Å². The number of rotatable bonds is 4. The molecular weight excluding hydrogens is 276 g/mol. The lowest BCUT2D eigenvalue weighted by Crippen LogP contribution is -2.35. The van der Waals surface area contributed by atoms with Gasteiger partial charge in [0.1, 0.15) is 0 Å². The Labute approximate surface area is 131 Å². The minimum atomic E-state index is 0.141. The molecule has 0 fully saturated rings. The molecule has 112 valence electrons. The van der Waals surface area contributed by atoms with Crippen LogP contribution in [0.25, 0.3) is 0 Å². The second-order valence-corrected chi connectivity index (χ2v) is 7.01. The quantitative estimate of drug-likeness (QED) is 0.922. The van der Waals surface area contributed by atoms with Crippen LogP contribution < -0.4 is 5.73 Å². The molecule has 2 nitrogen and oxygen atoms in total. The summed E-state index contributed by atoms with van der Waals surface area (Å²) in [6.45, 7) is 6.71.